The molecular weight excluding hydrogens is 339 g/mol. The van der Waals surface area contributed by atoms with Crippen molar-refractivity contribution in [3.63, 3.8) is 0 Å². The highest BCUT2D eigenvalue weighted by Gasteiger charge is 2.18. The number of halogens is 1. The Bertz CT molecular complexity index is 821. The number of aromatic nitrogens is 1. The fourth-order valence-corrected chi connectivity index (χ4v) is 2.42. The summed E-state index contributed by atoms with van der Waals surface area (Å²) in [4.78, 5) is 20.1. The van der Waals surface area contributed by atoms with Crippen LogP contribution in [-0.2, 0) is 4.57 Å². The molecule has 0 atom stereocenters. The van der Waals surface area contributed by atoms with E-state index in [0.717, 1.165) is 5.69 Å². The number of phosphoric ester groups is 1. The maximum Gasteiger partial charge on any atom is 0.524 e. The predicted octanol–water partition coefficient (Wildman–Crippen LogP) is 3.87. The number of hydrogen-bond acceptors (Lipinski definition) is 3. The fraction of sp³-hybridized carbons (Fsp3) is 0.0667. The Labute approximate surface area is 138 Å². The van der Waals surface area contributed by atoms with Gasteiger partial charge in [0.2, 0.25) is 0 Å². The molecule has 5 N–H and O–H groups in total. The molecule has 0 bridgehead atoms. The van der Waals surface area contributed by atoms with Gasteiger partial charge in [-0.25, -0.2) is 4.57 Å². The summed E-state index contributed by atoms with van der Waals surface area (Å²) in [5, 5.41) is 1.11. The molecule has 0 saturated heterocycles. The summed E-state index contributed by atoms with van der Waals surface area (Å²) < 4.78 is 15.1. The Morgan fingerprint density at radius 2 is 1.83 bits per heavy atom. The summed E-state index contributed by atoms with van der Waals surface area (Å²) in [5.41, 5.74) is 8.16. The minimum absolute atomic E-state index is 0.106. The van der Waals surface area contributed by atoms with Gasteiger partial charge >= 0.3 is 7.82 Å². The van der Waals surface area contributed by atoms with E-state index in [1.807, 2.05) is 31.2 Å². The molecule has 3 aromatic rings. The number of phosphoric acid groups is 1. The van der Waals surface area contributed by atoms with Gasteiger partial charge in [-0.2, -0.15) is 0 Å². The monoisotopic (exact) mass is 354 g/mol. The molecule has 2 aromatic carbocycles. The van der Waals surface area contributed by atoms with Crippen molar-refractivity contribution < 1.29 is 18.9 Å². The Hall–Kier alpha value is -1.98. The molecule has 8 heteroatoms. The molecule has 3 rings (SSSR count). The highest BCUT2D eigenvalue weighted by molar-refractivity contribution is 7.46. The van der Waals surface area contributed by atoms with Gasteiger partial charge < -0.3 is 15.2 Å². The number of anilines is 1. The van der Waals surface area contributed by atoms with Gasteiger partial charge in [-0.05, 0) is 37.3 Å². The molecule has 0 saturated carbocycles. The Morgan fingerprint density at radius 3 is 2.39 bits per heavy atom. The SMILES string of the molecule is Cc1ccc(N)cc1.O=P(O)(O)Oc1c[nH]c2cc(Cl)ccc12. The molecule has 0 spiro atoms. The first kappa shape index (κ1) is 17.4. The third-order valence-corrected chi connectivity index (χ3v) is 3.57. The van der Waals surface area contributed by atoms with Crippen molar-refractivity contribution in [3.05, 3.63) is 59.2 Å². The van der Waals surface area contributed by atoms with Crippen molar-refractivity contribution in [2.24, 2.45) is 0 Å². The first-order chi connectivity index (χ1) is 10.7. The molecule has 23 heavy (non-hydrogen) atoms. The van der Waals surface area contributed by atoms with Crippen molar-refractivity contribution in [2.75, 3.05) is 5.73 Å². The zero-order valence-electron chi connectivity index (χ0n) is 12.2. The van der Waals surface area contributed by atoms with Crippen LogP contribution in [0.2, 0.25) is 5.02 Å². The summed E-state index contributed by atoms with van der Waals surface area (Å²) in [6.07, 6.45) is 1.38. The van der Waals surface area contributed by atoms with E-state index in [2.05, 4.69) is 9.51 Å². The van der Waals surface area contributed by atoms with E-state index >= 15 is 0 Å². The maximum atomic E-state index is 10.6. The Kier molecular flexibility index (Phi) is 5.34. The largest absolute Gasteiger partial charge is 0.524 e. The molecule has 1 heterocycles. The lowest BCUT2D eigenvalue weighted by molar-refractivity contribution is 0.284. The van der Waals surface area contributed by atoms with Crippen LogP contribution in [0.1, 0.15) is 5.56 Å². The normalized spacial score (nSPS) is 11.0. The van der Waals surface area contributed by atoms with Crippen molar-refractivity contribution in [2.45, 2.75) is 6.92 Å². The number of aromatic amines is 1. The van der Waals surface area contributed by atoms with Crippen molar-refractivity contribution in [1.29, 1.82) is 0 Å². The molecule has 0 aliphatic heterocycles. The minimum Gasteiger partial charge on any atom is -0.402 e. The van der Waals surface area contributed by atoms with Gasteiger partial charge in [-0.3, -0.25) is 9.79 Å². The van der Waals surface area contributed by atoms with Crippen LogP contribution in [0.4, 0.5) is 5.69 Å². The topological polar surface area (TPSA) is 109 Å². The van der Waals surface area contributed by atoms with Gasteiger partial charge in [-0.15, -0.1) is 0 Å². The smallest absolute Gasteiger partial charge is 0.402 e. The third kappa shape index (κ3) is 5.30. The fourth-order valence-electron chi connectivity index (χ4n) is 1.84. The van der Waals surface area contributed by atoms with E-state index < -0.39 is 7.82 Å². The van der Waals surface area contributed by atoms with Crippen molar-refractivity contribution in [1.82, 2.24) is 4.98 Å². The quantitative estimate of drug-likeness (QED) is 0.412. The van der Waals surface area contributed by atoms with Crippen LogP contribution in [0.25, 0.3) is 10.9 Å². The predicted molar refractivity (Wildman–Crippen MR) is 91.6 cm³/mol. The number of hydrogen-bond donors (Lipinski definition) is 4. The second-order valence-corrected chi connectivity index (χ2v) is 6.44. The van der Waals surface area contributed by atoms with E-state index in [0.29, 0.717) is 15.9 Å². The second kappa shape index (κ2) is 7.06. The number of nitrogens with one attached hydrogen (secondary N) is 1. The van der Waals surface area contributed by atoms with Crippen LogP contribution in [-0.4, -0.2) is 14.8 Å². The highest BCUT2D eigenvalue weighted by atomic mass is 35.5. The third-order valence-electron chi connectivity index (χ3n) is 2.90. The van der Waals surface area contributed by atoms with Gasteiger partial charge in [0, 0.05) is 22.3 Å². The molecule has 1 aromatic heterocycles. The minimum atomic E-state index is -4.52. The van der Waals surface area contributed by atoms with Crippen LogP contribution >= 0.6 is 19.4 Å². The van der Waals surface area contributed by atoms with Gasteiger partial charge in [-0.1, -0.05) is 29.3 Å². The number of aryl methyl sites for hydroxylation is 1. The first-order valence-electron chi connectivity index (χ1n) is 6.58. The molecular formula is C15H16ClN2O4P. The maximum absolute atomic E-state index is 10.6. The molecule has 0 aliphatic rings. The summed E-state index contributed by atoms with van der Waals surface area (Å²) in [6, 6.07) is 12.7. The van der Waals surface area contributed by atoms with E-state index in [9.17, 15) is 4.57 Å². The van der Waals surface area contributed by atoms with E-state index in [4.69, 9.17) is 27.1 Å². The number of H-pyrrole nitrogens is 1. The number of nitrogens with two attached hydrogens (primary N) is 1. The number of fused-ring (bicyclic) bond motifs is 1. The van der Waals surface area contributed by atoms with E-state index in [1.165, 1.54) is 11.8 Å². The molecule has 0 fully saturated rings. The van der Waals surface area contributed by atoms with Crippen molar-refractivity contribution >= 4 is 36.0 Å². The Morgan fingerprint density at radius 1 is 1.17 bits per heavy atom. The standard InChI is InChI=1S/C8H7ClNO4P.C7H9N/c9-5-1-2-6-7(3-5)10-4-8(6)14-15(11,12)13;1-6-2-4-7(8)5-3-6/h1-4,10H,(H2,11,12,13);2-5H,8H2,1H3. The van der Waals surface area contributed by atoms with Gasteiger partial charge in [0.05, 0.1) is 5.52 Å². The lowest BCUT2D eigenvalue weighted by atomic mass is 10.2. The highest BCUT2D eigenvalue weighted by Crippen LogP contribution is 2.40. The number of benzene rings is 2. The van der Waals surface area contributed by atoms with Gasteiger partial charge in [0.25, 0.3) is 0 Å². The van der Waals surface area contributed by atoms with Crippen LogP contribution in [0, 0.1) is 6.92 Å². The second-order valence-electron chi connectivity index (χ2n) is 4.84. The van der Waals surface area contributed by atoms with E-state index in [-0.39, 0.29) is 5.75 Å². The van der Waals surface area contributed by atoms with Gasteiger partial charge in [0.1, 0.15) is 0 Å². The molecule has 0 aliphatic carbocycles. The van der Waals surface area contributed by atoms with Crippen LogP contribution in [0.3, 0.4) is 0 Å². The van der Waals surface area contributed by atoms with Gasteiger partial charge in [0.15, 0.2) is 5.75 Å². The Balaban J connectivity index is 0.000000203. The summed E-state index contributed by atoms with van der Waals surface area (Å²) >= 11 is 5.75. The zero-order chi connectivity index (χ0) is 17.0. The molecule has 0 amide bonds. The average Bonchev–Trinajstić information content (AvgIpc) is 2.83. The molecule has 6 nitrogen and oxygen atoms in total. The van der Waals surface area contributed by atoms with Crippen LogP contribution in [0.15, 0.2) is 48.7 Å². The molecule has 122 valence electrons. The lowest BCUT2D eigenvalue weighted by Crippen LogP contribution is -1.88. The van der Waals surface area contributed by atoms with Crippen LogP contribution in [0.5, 0.6) is 5.75 Å². The summed E-state index contributed by atoms with van der Waals surface area (Å²) in [7, 11) is -4.52. The summed E-state index contributed by atoms with van der Waals surface area (Å²) in [6.45, 7) is 2.04. The van der Waals surface area contributed by atoms with Crippen molar-refractivity contribution in [3.8, 4) is 5.75 Å². The average molecular weight is 355 g/mol. The number of rotatable bonds is 2. The lowest BCUT2D eigenvalue weighted by Gasteiger charge is -2.04. The zero-order valence-corrected chi connectivity index (χ0v) is 13.9. The number of nitrogen functional groups attached to an aromatic ring is 1. The summed E-state index contributed by atoms with van der Waals surface area (Å²) in [5.74, 6) is 0.106. The molecule has 0 unspecified atom stereocenters. The van der Waals surface area contributed by atoms with Crippen LogP contribution < -0.4 is 10.3 Å². The first-order valence-corrected chi connectivity index (χ1v) is 8.49. The van der Waals surface area contributed by atoms with E-state index in [1.54, 1.807) is 18.2 Å². The molecule has 0 radical (unpaired) electrons.